The minimum absolute atomic E-state index is 0.0204. The molecular formula is C25H38N2O5Si. The molecule has 1 aromatic carbocycles. The van der Waals surface area contributed by atoms with E-state index >= 15 is 0 Å². The third-order valence-corrected chi connectivity index (χ3v) is 11.0. The average molecular weight is 475 g/mol. The Kier molecular flexibility index (Phi) is 7.71. The Morgan fingerprint density at radius 3 is 2.18 bits per heavy atom. The van der Waals surface area contributed by atoms with Gasteiger partial charge >= 0.3 is 12.1 Å². The van der Waals surface area contributed by atoms with Gasteiger partial charge in [-0.1, -0.05) is 32.9 Å². The fourth-order valence-corrected chi connectivity index (χ4v) is 5.17. The predicted octanol–water partition coefficient (Wildman–Crippen LogP) is 5.04. The highest BCUT2D eigenvalue weighted by Crippen LogP contribution is 2.42. The molecule has 1 amide bonds. The maximum Gasteiger partial charge on any atom is 0.411 e. The summed E-state index contributed by atoms with van der Waals surface area (Å²) < 4.78 is 17.5. The van der Waals surface area contributed by atoms with Crippen LogP contribution in [0.15, 0.2) is 24.3 Å². The van der Waals surface area contributed by atoms with E-state index in [4.69, 9.17) is 19.2 Å². The van der Waals surface area contributed by atoms with Gasteiger partial charge in [-0.15, -0.1) is 0 Å². The summed E-state index contributed by atoms with van der Waals surface area (Å²) in [7, 11) is -0.828. The van der Waals surface area contributed by atoms with Crippen LogP contribution in [0.25, 0.3) is 0 Å². The lowest BCUT2D eigenvalue weighted by Gasteiger charge is -2.38. The van der Waals surface area contributed by atoms with Crippen molar-refractivity contribution in [1.29, 1.82) is 5.26 Å². The number of nitrogens with zero attached hydrogens (tertiary/aromatic N) is 2. The Balaban J connectivity index is 2.50. The number of benzene rings is 1. The highest BCUT2D eigenvalue weighted by Gasteiger charge is 2.57. The number of amides is 1. The lowest BCUT2D eigenvalue weighted by atomic mass is 9.87. The number of carbonyl (C=O) groups is 2. The van der Waals surface area contributed by atoms with Crippen molar-refractivity contribution in [2.45, 2.75) is 89.8 Å². The summed E-state index contributed by atoms with van der Waals surface area (Å²) in [5.41, 5.74) is -0.634. The number of ether oxygens (including phenoxy) is 2. The molecule has 0 bridgehead atoms. The number of methoxy groups -OCH3 is 1. The van der Waals surface area contributed by atoms with Crippen LogP contribution < -0.4 is 0 Å². The van der Waals surface area contributed by atoms with E-state index in [1.165, 1.54) is 12.0 Å². The number of rotatable bonds is 5. The fourth-order valence-electron chi connectivity index (χ4n) is 3.83. The van der Waals surface area contributed by atoms with Crippen LogP contribution in [0.1, 0.15) is 59.1 Å². The van der Waals surface area contributed by atoms with E-state index in [0.29, 0.717) is 12.0 Å². The summed E-state index contributed by atoms with van der Waals surface area (Å²) >= 11 is 0. The van der Waals surface area contributed by atoms with Crippen LogP contribution in [0.2, 0.25) is 18.1 Å². The van der Waals surface area contributed by atoms with Crippen LogP contribution in [-0.2, 0) is 25.1 Å². The van der Waals surface area contributed by atoms with E-state index in [0.717, 1.165) is 5.56 Å². The molecule has 33 heavy (non-hydrogen) atoms. The van der Waals surface area contributed by atoms with Crippen molar-refractivity contribution in [3.8, 4) is 6.07 Å². The van der Waals surface area contributed by atoms with Gasteiger partial charge in [0.15, 0.2) is 8.32 Å². The van der Waals surface area contributed by atoms with Crippen molar-refractivity contribution in [1.82, 2.24) is 4.90 Å². The summed E-state index contributed by atoms with van der Waals surface area (Å²) in [4.78, 5) is 28.1. The average Bonchev–Trinajstić information content (AvgIpc) is 3.04. The molecule has 0 aliphatic carbocycles. The second kappa shape index (κ2) is 9.47. The van der Waals surface area contributed by atoms with E-state index in [2.05, 4.69) is 39.9 Å². The van der Waals surface area contributed by atoms with Crippen LogP contribution in [0.4, 0.5) is 4.79 Å². The molecule has 1 saturated heterocycles. The third-order valence-electron chi connectivity index (χ3n) is 6.49. The quantitative estimate of drug-likeness (QED) is 0.439. The monoisotopic (exact) mass is 474 g/mol. The normalized spacial score (nSPS) is 21.5. The summed E-state index contributed by atoms with van der Waals surface area (Å²) in [5.74, 6) is -0.501. The molecule has 1 heterocycles. The predicted molar refractivity (Wildman–Crippen MR) is 129 cm³/mol. The molecule has 8 heteroatoms. The summed E-state index contributed by atoms with van der Waals surface area (Å²) in [6.45, 7) is 16.4. The number of esters is 1. The van der Waals surface area contributed by atoms with Crippen molar-refractivity contribution < 1.29 is 23.5 Å². The second-order valence-electron chi connectivity index (χ2n) is 11.3. The van der Waals surface area contributed by atoms with Gasteiger partial charge in [0.05, 0.1) is 31.4 Å². The molecule has 1 aromatic rings. The first kappa shape index (κ1) is 26.9. The van der Waals surface area contributed by atoms with Gasteiger partial charge < -0.3 is 13.9 Å². The number of nitriles is 1. The maximum absolute atomic E-state index is 13.3. The van der Waals surface area contributed by atoms with Crippen molar-refractivity contribution in [3.63, 3.8) is 0 Å². The number of likely N-dealkylation sites (tertiary alicyclic amines) is 1. The number of hydrogen-bond donors (Lipinski definition) is 0. The highest BCUT2D eigenvalue weighted by atomic mass is 28.4. The van der Waals surface area contributed by atoms with Crippen LogP contribution >= 0.6 is 0 Å². The first-order valence-electron chi connectivity index (χ1n) is 11.3. The maximum atomic E-state index is 13.3. The zero-order valence-electron chi connectivity index (χ0n) is 21.4. The van der Waals surface area contributed by atoms with Gasteiger partial charge in [-0.05, 0) is 56.6 Å². The van der Waals surface area contributed by atoms with Crippen LogP contribution in [0, 0.1) is 11.3 Å². The lowest BCUT2D eigenvalue weighted by molar-refractivity contribution is -0.153. The Morgan fingerprint density at radius 1 is 1.15 bits per heavy atom. The summed E-state index contributed by atoms with van der Waals surface area (Å²) in [5, 5.41) is 9.09. The van der Waals surface area contributed by atoms with E-state index in [-0.39, 0.29) is 24.1 Å². The number of carbonyl (C=O) groups excluding carboxylic acids is 2. The molecule has 1 aliphatic heterocycles. The van der Waals surface area contributed by atoms with Crippen molar-refractivity contribution >= 4 is 20.4 Å². The van der Waals surface area contributed by atoms with E-state index < -0.39 is 31.5 Å². The fraction of sp³-hybridized carbons (Fsp3) is 0.640. The van der Waals surface area contributed by atoms with Crippen LogP contribution in [0.3, 0.4) is 0 Å². The lowest BCUT2D eigenvalue weighted by Crippen LogP contribution is -2.56. The van der Waals surface area contributed by atoms with Crippen LogP contribution in [-0.4, -0.2) is 56.2 Å². The molecule has 2 rings (SSSR count). The first-order valence-corrected chi connectivity index (χ1v) is 14.2. The van der Waals surface area contributed by atoms with Gasteiger partial charge in [-0.3, -0.25) is 4.90 Å². The Morgan fingerprint density at radius 2 is 1.73 bits per heavy atom. The van der Waals surface area contributed by atoms with Gasteiger partial charge in [0.2, 0.25) is 0 Å². The summed E-state index contributed by atoms with van der Waals surface area (Å²) in [6, 6.07) is 9.12. The topological polar surface area (TPSA) is 88.9 Å². The molecular weight excluding hydrogens is 436 g/mol. The standard InChI is InChI=1S/C25H38N2O5Si/c1-23(2,3)31-22(29)27-17-20(32-33(8,9)24(4,5)6)15-25(27,21(28)30-7)14-18-10-12-19(16-26)13-11-18/h10-13,20H,14-15,17H2,1-9H3/t20-,25?/m1/s1. The largest absolute Gasteiger partial charge is 0.467 e. The van der Waals surface area contributed by atoms with Gasteiger partial charge in [-0.2, -0.15) is 5.26 Å². The molecule has 2 atom stereocenters. The van der Waals surface area contributed by atoms with E-state index in [1.54, 1.807) is 45.0 Å². The van der Waals surface area contributed by atoms with Crippen molar-refractivity contribution in [2.75, 3.05) is 13.7 Å². The summed E-state index contributed by atoms with van der Waals surface area (Å²) in [6.07, 6.45) is -0.341. The van der Waals surface area contributed by atoms with Gasteiger partial charge in [0.25, 0.3) is 0 Å². The third kappa shape index (κ3) is 6.15. The first-order chi connectivity index (χ1) is 15.0. The van der Waals surface area contributed by atoms with Gasteiger partial charge in [-0.25, -0.2) is 9.59 Å². The molecule has 1 aliphatic rings. The van der Waals surface area contributed by atoms with E-state index in [1.807, 2.05) is 0 Å². The zero-order valence-corrected chi connectivity index (χ0v) is 22.4. The Bertz CT molecular complexity index is 909. The molecule has 0 spiro atoms. The smallest absolute Gasteiger partial charge is 0.411 e. The molecule has 0 radical (unpaired) electrons. The molecule has 0 saturated carbocycles. The minimum atomic E-state index is -2.16. The Hall–Kier alpha value is -2.37. The molecule has 1 unspecified atom stereocenters. The zero-order chi connectivity index (χ0) is 25.2. The molecule has 7 nitrogen and oxygen atoms in total. The van der Waals surface area contributed by atoms with Crippen molar-refractivity contribution in [2.24, 2.45) is 0 Å². The molecule has 0 N–H and O–H groups in total. The van der Waals surface area contributed by atoms with Crippen molar-refractivity contribution in [3.05, 3.63) is 35.4 Å². The minimum Gasteiger partial charge on any atom is -0.467 e. The number of hydrogen-bond acceptors (Lipinski definition) is 6. The highest BCUT2D eigenvalue weighted by molar-refractivity contribution is 6.74. The SMILES string of the molecule is COC(=O)C1(Cc2ccc(C#N)cc2)C[C@@H](O[Si](C)(C)C(C)(C)C)CN1C(=O)OC(C)(C)C. The van der Waals surface area contributed by atoms with Gasteiger partial charge in [0, 0.05) is 12.8 Å². The van der Waals surface area contributed by atoms with Crippen LogP contribution in [0.5, 0.6) is 0 Å². The van der Waals surface area contributed by atoms with E-state index in [9.17, 15) is 9.59 Å². The second-order valence-corrected chi connectivity index (χ2v) is 16.1. The molecule has 1 fully saturated rings. The Labute approximate surface area is 199 Å². The van der Waals surface area contributed by atoms with Gasteiger partial charge in [0.1, 0.15) is 11.1 Å². The molecule has 182 valence electrons. The molecule has 0 aromatic heterocycles.